The van der Waals surface area contributed by atoms with E-state index in [1.165, 1.54) is 0 Å². The number of carboxylic acids is 1. The van der Waals surface area contributed by atoms with Crippen molar-refractivity contribution < 1.29 is 14.6 Å². The standard InChI is InChI=1S/C6H11NO3S/c1-4(5(8)9)7-6-10-2-3-11-6/h4,6-7H,2-3H2,1H3,(H,8,9)/t4-,6?/m0/s1. The highest BCUT2D eigenvalue weighted by Crippen LogP contribution is 2.17. The summed E-state index contributed by atoms with van der Waals surface area (Å²) in [5.74, 6) is 0.0883. The fraction of sp³-hybridized carbons (Fsp3) is 0.833. The molecule has 0 aromatic heterocycles. The van der Waals surface area contributed by atoms with Crippen molar-refractivity contribution in [3.63, 3.8) is 0 Å². The van der Waals surface area contributed by atoms with E-state index in [1.54, 1.807) is 18.7 Å². The molecule has 64 valence electrons. The minimum atomic E-state index is -0.846. The van der Waals surface area contributed by atoms with Crippen molar-refractivity contribution in [2.75, 3.05) is 12.4 Å². The summed E-state index contributed by atoms with van der Waals surface area (Å²) in [6, 6.07) is -0.536. The molecule has 4 nitrogen and oxygen atoms in total. The largest absolute Gasteiger partial charge is 0.480 e. The maximum absolute atomic E-state index is 10.4. The number of hydrogen-bond donors (Lipinski definition) is 2. The van der Waals surface area contributed by atoms with Crippen LogP contribution in [-0.2, 0) is 9.53 Å². The average Bonchev–Trinajstić information content (AvgIpc) is 2.39. The molecule has 1 heterocycles. The molecule has 1 unspecified atom stereocenters. The smallest absolute Gasteiger partial charge is 0.320 e. The van der Waals surface area contributed by atoms with Crippen molar-refractivity contribution in [1.82, 2.24) is 5.32 Å². The summed E-state index contributed by atoms with van der Waals surface area (Å²) in [4.78, 5) is 10.4. The van der Waals surface area contributed by atoms with Crippen LogP contribution in [-0.4, -0.2) is 35.0 Å². The molecule has 0 aliphatic carbocycles. The first-order valence-electron chi connectivity index (χ1n) is 3.42. The van der Waals surface area contributed by atoms with Crippen molar-refractivity contribution in [3.05, 3.63) is 0 Å². The number of rotatable bonds is 3. The Hall–Kier alpha value is -0.260. The Balaban J connectivity index is 2.23. The number of thioether (sulfide) groups is 1. The molecule has 0 bridgehead atoms. The lowest BCUT2D eigenvalue weighted by atomic mass is 10.4. The van der Waals surface area contributed by atoms with Crippen LogP contribution < -0.4 is 5.32 Å². The third-order valence-electron chi connectivity index (χ3n) is 1.38. The van der Waals surface area contributed by atoms with Crippen molar-refractivity contribution >= 4 is 17.7 Å². The highest BCUT2D eigenvalue weighted by Gasteiger charge is 2.20. The van der Waals surface area contributed by atoms with Gasteiger partial charge in [-0.2, -0.15) is 0 Å². The molecule has 1 rings (SSSR count). The Morgan fingerprint density at radius 2 is 2.64 bits per heavy atom. The lowest BCUT2D eigenvalue weighted by Crippen LogP contribution is -2.39. The molecule has 1 saturated heterocycles. The SMILES string of the molecule is C[C@H](NC1OCCS1)C(=O)O. The Bertz CT molecular complexity index is 147. The molecule has 0 saturated carbocycles. The molecular formula is C6H11NO3S. The zero-order valence-corrected chi connectivity index (χ0v) is 7.06. The lowest BCUT2D eigenvalue weighted by Gasteiger charge is -2.13. The van der Waals surface area contributed by atoms with Gasteiger partial charge in [-0.1, -0.05) is 0 Å². The van der Waals surface area contributed by atoms with Crippen LogP contribution in [0.5, 0.6) is 0 Å². The van der Waals surface area contributed by atoms with Crippen molar-refractivity contribution in [3.8, 4) is 0 Å². The third kappa shape index (κ3) is 2.69. The predicted octanol–water partition coefficient (Wildman–Crippen LogP) is 0.0961. The van der Waals surface area contributed by atoms with Crippen LogP contribution in [0.1, 0.15) is 6.92 Å². The molecule has 0 spiro atoms. The van der Waals surface area contributed by atoms with E-state index in [0.717, 1.165) is 5.75 Å². The minimum absolute atomic E-state index is 0.138. The Labute approximate surface area is 69.3 Å². The Morgan fingerprint density at radius 3 is 3.09 bits per heavy atom. The summed E-state index contributed by atoms with van der Waals surface area (Å²) >= 11 is 1.59. The van der Waals surface area contributed by atoms with Gasteiger partial charge in [0.15, 0.2) is 5.56 Å². The second kappa shape index (κ2) is 3.94. The van der Waals surface area contributed by atoms with Gasteiger partial charge in [-0.25, -0.2) is 0 Å². The van der Waals surface area contributed by atoms with Crippen molar-refractivity contribution in [2.45, 2.75) is 18.5 Å². The number of hydrogen-bond acceptors (Lipinski definition) is 4. The normalized spacial score (nSPS) is 26.8. The van der Waals surface area contributed by atoms with E-state index in [2.05, 4.69) is 5.32 Å². The fourth-order valence-electron chi connectivity index (χ4n) is 0.730. The molecule has 1 fully saturated rings. The number of aliphatic carboxylic acids is 1. The van der Waals surface area contributed by atoms with E-state index >= 15 is 0 Å². The van der Waals surface area contributed by atoms with E-state index in [-0.39, 0.29) is 5.56 Å². The lowest BCUT2D eigenvalue weighted by molar-refractivity contribution is -0.139. The molecule has 11 heavy (non-hydrogen) atoms. The van der Waals surface area contributed by atoms with Gasteiger partial charge in [0, 0.05) is 5.75 Å². The molecule has 1 aliphatic rings. The van der Waals surface area contributed by atoms with Crippen LogP contribution in [0, 0.1) is 0 Å². The van der Waals surface area contributed by atoms with E-state index in [9.17, 15) is 4.79 Å². The zero-order chi connectivity index (χ0) is 8.27. The van der Waals surface area contributed by atoms with Gasteiger partial charge in [-0.05, 0) is 6.92 Å². The first-order chi connectivity index (χ1) is 5.20. The molecule has 5 heteroatoms. The molecule has 0 amide bonds. The second-order valence-electron chi connectivity index (χ2n) is 2.30. The van der Waals surface area contributed by atoms with Gasteiger partial charge >= 0.3 is 5.97 Å². The Kier molecular flexibility index (Phi) is 3.16. The Morgan fingerprint density at radius 1 is 1.91 bits per heavy atom. The highest BCUT2D eigenvalue weighted by molar-refractivity contribution is 7.99. The maximum Gasteiger partial charge on any atom is 0.320 e. The van der Waals surface area contributed by atoms with Gasteiger partial charge in [0.25, 0.3) is 0 Å². The summed E-state index contributed by atoms with van der Waals surface area (Å²) < 4.78 is 5.16. The summed E-state index contributed by atoms with van der Waals surface area (Å²) in [6.45, 7) is 2.30. The quantitative estimate of drug-likeness (QED) is 0.640. The molecule has 2 atom stereocenters. The van der Waals surface area contributed by atoms with Gasteiger partial charge in [0.05, 0.1) is 6.61 Å². The number of carbonyl (C=O) groups is 1. The van der Waals surface area contributed by atoms with Crippen LogP contribution in [0.3, 0.4) is 0 Å². The van der Waals surface area contributed by atoms with Gasteiger partial charge in [0.1, 0.15) is 6.04 Å². The number of ether oxygens (including phenoxy) is 1. The highest BCUT2D eigenvalue weighted by atomic mass is 32.2. The molecule has 0 aromatic rings. The molecular weight excluding hydrogens is 166 g/mol. The molecule has 0 radical (unpaired) electrons. The van der Waals surface area contributed by atoms with Crippen molar-refractivity contribution in [2.24, 2.45) is 0 Å². The van der Waals surface area contributed by atoms with Crippen LogP contribution in [0.25, 0.3) is 0 Å². The third-order valence-corrected chi connectivity index (χ3v) is 2.36. The van der Waals surface area contributed by atoms with Crippen LogP contribution >= 0.6 is 11.8 Å². The van der Waals surface area contributed by atoms with Gasteiger partial charge in [-0.15, -0.1) is 11.8 Å². The summed E-state index contributed by atoms with van der Waals surface area (Å²) in [5, 5.41) is 11.3. The van der Waals surface area contributed by atoms with Gasteiger partial charge in [0.2, 0.25) is 0 Å². The first-order valence-corrected chi connectivity index (χ1v) is 4.47. The van der Waals surface area contributed by atoms with Crippen LogP contribution in [0.4, 0.5) is 0 Å². The minimum Gasteiger partial charge on any atom is -0.480 e. The van der Waals surface area contributed by atoms with Crippen molar-refractivity contribution in [1.29, 1.82) is 0 Å². The molecule has 2 N–H and O–H groups in total. The summed E-state index contributed by atoms with van der Waals surface area (Å²) in [7, 11) is 0. The first kappa shape index (κ1) is 8.83. The number of carboxylic acid groups (broad SMARTS) is 1. The van der Waals surface area contributed by atoms with Gasteiger partial charge < -0.3 is 9.84 Å². The summed E-state index contributed by atoms with van der Waals surface area (Å²) in [5.41, 5.74) is -0.138. The molecule has 1 aliphatic heterocycles. The summed E-state index contributed by atoms with van der Waals surface area (Å²) in [6.07, 6.45) is 0. The van der Waals surface area contributed by atoms with Crippen LogP contribution in [0.15, 0.2) is 0 Å². The predicted molar refractivity (Wildman–Crippen MR) is 42.4 cm³/mol. The zero-order valence-electron chi connectivity index (χ0n) is 6.24. The fourth-order valence-corrected chi connectivity index (χ4v) is 1.63. The van der Waals surface area contributed by atoms with E-state index in [0.29, 0.717) is 6.61 Å². The monoisotopic (exact) mass is 177 g/mol. The van der Waals surface area contributed by atoms with Gasteiger partial charge in [-0.3, -0.25) is 10.1 Å². The topological polar surface area (TPSA) is 58.6 Å². The number of nitrogens with one attached hydrogen (secondary N) is 1. The average molecular weight is 177 g/mol. The van der Waals surface area contributed by atoms with E-state index in [4.69, 9.17) is 9.84 Å². The van der Waals surface area contributed by atoms with E-state index < -0.39 is 12.0 Å². The second-order valence-corrected chi connectivity index (χ2v) is 3.47. The molecule has 0 aromatic carbocycles. The van der Waals surface area contributed by atoms with E-state index in [1.807, 2.05) is 0 Å². The maximum atomic E-state index is 10.4. The van der Waals surface area contributed by atoms with Crippen LogP contribution in [0.2, 0.25) is 0 Å².